The summed E-state index contributed by atoms with van der Waals surface area (Å²) < 4.78 is 1.10. The summed E-state index contributed by atoms with van der Waals surface area (Å²) in [5.74, 6) is 0.0371. The molecule has 3 heterocycles. The van der Waals surface area contributed by atoms with Gasteiger partial charge in [-0.05, 0) is 18.6 Å². The molecule has 2 aromatic rings. The molecule has 6 nitrogen and oxygen atoms in total. The Hall–Kier alpha value is -1.54. The summed E-state index contributed by atoms with van der Waals surface area (Å²) in [4.78, 5) is 21.6. The van der Waals surface area contributed by atoms with Gasteiger partial charge < -0.3 is 10.6 Å². The quantitative estimate of drug-likeness (QED) is 0.872. The Morgan fingerprint density at radius 3 is 2.96 bits per heavy atom. The Balaban J connectivity index is 1.30. The van der Waals surface area contributed by atoms with Crippen LogP contribution in [-0.4, -0.2) is 72.5 Å². The number of thiazole rings is 1. The number of nitrogens with zero attached hydrogens (tertiary/aromatic N) is 3. The number of piperazine rings is 1. The van der Waals surface area contributed by atoms with Gasteiger partial charge in [-0.3, -0.25) is 14.6 Å². The molecular weight excluding hydrogens is 322 g/mol. The molecule has 0 radical (unpaired) electrons. The Morgan fingerprint density at radius 2 is 2.12 bits per heavy atom. The van der Waals surface area contributed by atoms with Crippen LogP contribution in [0.15, 0.2) is 24.3 Å². The van der Waals surface area contributed by atoms with Crippen LogP contribution in [0.5, 0.6) is 0 Å². The maximum absolute atomic E-state index is 12.3. The normalized spacial score (nSPS) is 22.9. The second-order valence-corrected chi connectivity index (χ2v) is 7.53. The van der Waals surface area contributed by atoms with E-state index in [0.29, 0.717) is 17.7 Å². The van der Waals surface area contributed by atoms with Gasteiger partial charge in [0.2, 0.25) is 5.91 Å². The third kappa shape index (κ3) is 3.59. The summed E-state index contributed by atoms with van der Waals surface area (Å²) in [7, 11) is 0. The Morgan fingerprint density at radius 1 is 1.29 bits per heavy atom. The van der Waals surface area contributed by atoms with E-state index in [1.54, 1.807) is 0 Å². The van der Waals surface area contributed by atoms with Crippen LogP contribution >= 0.6 is 11.3 Å². The molecule has 1 amide bonds. The van der Waals surface area contributed by atoms with E-state index in [1.165, 1.54) is 11.3 Å². The average Bonchev–Trinajstić information content (AvgIpc) is 3.21. The number of aromatic nitrogens is 1. The van der Waals surface area contributed by atoms with Crippen molar-refractivity contribution in [1.29, 1.82) is 0 Å². The van der Waals surface area contributed by atoms with Crippen molar-refractivity contribution >= 4 is 32.6 Å². The van der Waals surface area contributed by atoms with Gasteiger partial charge in [-0.2, -0.15) is 0 Å². The number of anilines is 1. The molecule has 1 atom stereocenters. The molecule has 2 fully saturated rings. The van der Waals surface area contributed by atoms with Crippen molar-refractivity contribution in [1.82, 2.24) is 20.1 Å². The molecule has 1 unspecified atom stereocenters. The number of hydrogen-bond acceptors (Lipinski definition) is 6. The molecule has 0 aliphatic carbocycles. The number of carbonyl (C=O) groups is 1. The number of rotatable bonds is 4. The minimum Gasteiger partial charge on any atom is -0.314 e. The first kappa shape index (κ1) is 16.0. The van der Waals surface area contributed by atoms with Crippen LogP contribution in [-0.2, 0) is 4.79 Å². The van der Waals surface area contributed by atoms with E-state index in [2.05, 4.69) is 25.4 Å². The highest BCUT2D eigenvalue weighted by Gasteiger charge is 2.29. The van der Waals surface area contributed by atoms with E-state index in [1.807, 2.05) is 24.3 Å². The maximum Gasteiger partial charge on any atom is 0.240 e. The van der Waals surface area contributed by atoms with Crippen LogP contribution in [0.3, 0.4) is 0 Å². The van der Waals surface area contributed by atoms with E-state index >= 15 is 0 Å². The molecule has 2 N–H and O–H groups in total. The van der Waals surface area contributed by atoms with Gasteiger partial charge in [-0.1, -0.05) is 23.5 Å². The zero-order valence-electron chi connectivity index (χ0n) is 13.7. The topological polar surface area (TPSA) is 60.5 Å². The van der Waals surface area contributed by atoms with Gasteiger partial charge in [0.05, 0.1) is 16.8 Å². The number of fused-ring (bicyclic) bond motifs is 1. The molecule has 2 saturated heterocycles. The number of carbonyl (C=O) groups excluding carboxylic acids is 1. The lowest BCUT2D eigenvalue weighted by Crippen LogP contribution is -2.49. The molecule has 0 spiro atoms. The number of benzene rings is 1. The van der Waals surface area contributed by atoms with Crippen molar-refractivity contribution in [2.75, 3.05) is 51.1 Å². The number of likely N-dealkylation sites (tertiary alicyclic amines) is 1. The maximum atomic E-state index is 12.3. The van der Waals surface area contributed by atoms with Crippen LogP contribution in [0.1, 0.15) is 6.42 Å². The average molecular weight is 345 g/mol. The van der Waals surface area contributed by atoms with Crippen molar-refractivity contribution in [3.63, 3.8) is 0 Å². The fraction of sp³-hybridized carbons (Fsp3) is 0.529. The largest absolute Gasteiger partial charge is 0.314 e. The number of para-hydroxylation sites is 1. The van der Waals surface area contributed by atoms with Gasteiger partial charge >= 0.3 is 0 Å². The number of amides is 1. The smallest absolute Gasteiger partial charge is 0.240 e. The summed E-state index contributed by atoms with van der Waals surface area (Å²) in [6.07, 6.45) is 1.16. The van der Waals surface area contributed by atoms with Gasteiger partial charge in [0, 0.05) is 45.3 Å². The van der Waals surface area contributed by atoms with Crippen molar-refractivity contribution in [3.05, 3.63) is 24.3 Å². The van der Waals surface area contributed by atoms with Gasteiger partial charge in [0.15, 0.2) is 5.13 Å². The van der Waals surface area contributed by atoms with E-state index in [4.69, 9.17) is 0 Å². The molecular formula is C17H23N5OS. The zero-order chi connectivity index (χ0) is 16.4. The Bertz CT molecular complexity index is 679. The summed E-state index contributed by atoms with van der Waals surface area (Å²) in [5.41, 5.74) is 0.942. The minimum absolute atomic E-state index is 0.0371. The lowest BCUT2D eigenvalue weighted by Gasteiger charge is -2.32. The summed E-state index contributed by atoms with van der Waals surface area (Å²) in [5, 5.41) is 7.04. The minimum atomic E-state index is 0.0371. The van der Waals surface area contributed by atoms with Crippen LogP contribution in [0.25, 0.3) is 10.2 Å². The Labute approximate surface area is 145 Å². The predicted octanol–water partition coefficient (Wildman–Crippen LogP) is 1.21. The SMILES string of the molecule is O=C(CN1CCC(N2CCNCC2)C1)Nc1nc2ccccc2s1. The van der Waals surface area contributed by atoms with E-state index in [0.717, 1.165) is 55.9 Å². The zero-order valence-corrected chi connectivity index (χ0v) is 14.5. The summed E-state index contributed by atoms with van der Waals surface area (Å²) in [6, 6.07) is 8.56. The molecule has 2 aliphatic rings. The lowest BCUT2D eigenvalue weighted by atomic mass is 10.2. The van der Waals surface area contributed by atoms with Crippen LogP contribution in [0.2, 0.25) is 0 Å². The van der Waals surface area contributed by atoms with Crippen LogP contribution < -0.4 is 10.6 Å². The van der Waals surface area contributed by atoms with E-state index in [9.17, 15) is 4.79 Å². The summed E-state index contributed by atoms with van der Waals surface area (Å²) >= 11 is 1.53. The van der Waals surface area contributed by atoms with Crippen LogP contribution in [0.4, 0.5) is 5.13 Å². The molecule has 4 rings (SSSR count). The highest BCUT2D eigenvalue weighted by atomic mass is 32.1. The standard InChI is InChI=1S/C17H23N5OS/c23-16(20-17-19-14-3-1-2-4-15(14)24-17)12-21-8-5-13(11-21)22-9-6-18-7-10-22/h1-4,13,18H,5-12H2,(H,19,20,23). The lowest BCUT2D eigenvalue weighted by molar-refractivity contribution is -0.117. The van der Waals surface area contributed by atoms with Gasteiger partial charge in [-0.15, -0.1) is 0 Å². The van der Waals surface area contributed by atoms with Crippen LogP contribution in [0, 0.1) is 0 Å². The molecule has 2 aliphatic heterocycles. The molecule has 128 valence electrons. The van der Waals surface area contributed by atoms with Crippen molar-refractivity contribution in [3.8, 4) is 0 Å². The highest BCUT2D eigenvalue weighted by Crippen LogP contribution is 2.25. The molecule has 1 aromatic heterocycles. The first-order valence-electron chi connectivity index (χ1n) is 8.60. The first-order chi connectivity index (χ1) is 11.8. The van der Waals surface area contributed by atoms with Gasteiger partial charge in [0.1, 0.15) is 0 Å². The molecule has 24 heavy (non-hydrogen) atoms. The van der Waals surface area contributed by atoms with E-state index < -0.39 is 0 Å². The van der Waals surface area contributed by atoms with Crippen molar-refractivity contribution in [2.45, 2.75) is 12.5 Å². The van der Waals surface area contributed by atoms with Gasteiger partial charge in [0.25, 0.3) is 0 Å². The second kappa shape index (κ2) is 7.14. The Kier molecular flexibility index (Phi) is 4.75. The summed E-state index contributed by atoms with van der Waals surface area (Å²) in [6.45, 7) is 6.85. The number of hydrogen-bond donors (Lipinski definition) is 2. The van der Waals surface area contributed by atoms with Gasteiger partial charge in [-0.25, -0.2) is 4.98 Å². The third-order valence-electron chi connectivity index (χ3n) is 4.82. The fourth-order valence-corrected chi connectivity index (χ4v) is 4.47. The van der Waals surface area contributed by atoms with E-state index in [-0.39, 0.29) is 5.91 Å². The molecule has 0 saturated carbocycles. The number of nitrogens with one attached hydrogen (secondary N) is 2. The third-order valence-corrected chi connectivity index (χ3v) is 5.77. The monoisotopic (exact) mass is 345 g/mol. The second-order valence-electron chi connectivity index (χ2n) is 6.50. The van der Waals surface area contributed by atoms with Crippen molar-refractivity contribution < 1.29 is 4.79 Å². The highest BCUT2D eigenvalue weighted by molar-refractivity contribution is 7.22. The molecule has 7 heteroatoms. The van der Waals surface area contributed by atoms with Crippen molar-refractivity contribution in [2.24, 2.45) is 0 Å². The fourth-order valence-electron chi connectivity index (χ4n) is 3.59. The molecule has 0 bridgehead atoms. The first-order valence-corrected chi connectivity index (χ1v) is 9.42. The molecule has 1 aromatic carbocycles. The predicted molar refractivity (Wildman–Crippen MR) is 97.5 cm³/mol.